The van der Waals surface area contributed by atoms with E-state index in [1.807, 2.05) is 24.0 Å². The molecule has 1 amide bonds. The monoisotopic (exact) mass is 409 g/mol. The first-order chi connectivity index (χ1) is 14.0. The molecule has 1 saturated carbocycles. The van der Waals surface area contributed by atoms with Crippen molar-refractivity contribution in [2.45, 2.75) is 25.3 Å². The van der Waals surface area contributed by atoms with Gasteiger partial charge in [0.15, 0.2) is 5.82 Å². The van der Waals surface area contributed by atoms with Crippen molar-refractivity contribution in [1.29, 1.82) is 0 Å². The van der Waals surface area contributed by atoms with Crippen LogP contribution in [0.1, 0.15) is 18.4 Å². The van der Waals surface area contributed by atoms with Gasteiger partial charge in [0, 0.05) is 25.6 Å². The minimum atomic E-state index is -0.373. The van der Waals surface area contributed by atoms with E-state index in [2.05, 4.69) is 19.0 Å². The van der Waals surface area contributed by atoms with E-state index >= 15 is 0 Å². The highest BCUT2D eigenvalue weighted by Crippen LogP contribution is 2.64. The van der Waals surface area contributed by atoms with Gasteiger partial charge in [0.25, 0.3) is 0 Å². The summed E-state index contributed by atoms with van der Waals surface area (Å²) in [4.78, 5) is 25.1. The molecule has 146 valence electrons. The highest BCUT2D eigenvalue weighted by Gasteiger charge is 2.64. The van der Waals surface area contributed by atoms with Crippen LogP contribution in [-0.4, -0.2) is 43.8 Å². The summed E-state index contributed by atoms with van der Waals surface area (Å²) in [5.74, 6) is 0.976. The molecule has 29 heavy (non-hydrogen) atoms. The SMILES string of the molecule is Cc1cc2nsnc2cc1Nc1ncc2c(n1)N(C13CC(F)=C1C3)CC(=O)N2C. The van der Waals surface area contributed by atoms with Crippen molar-refractivity contribution in [3.05, 3.63) is 35.3 Å². The van der Waals surface area contributed by atoms with Crippen molar-refractivity contribution in [3.63, 3.8) is 0 Å². The Morgan fingerprint density at radius 2 is 2.03 bits per heavy atom. The van der Waals surface area contributed by atoms with Crippen molar-refractivity contribution in [2.24, 2.45) is 0 Å². The minimum absolute atomic E-state index is 0.0490. The molecule has 1 fully saturated rings. The fraction of sp³-hybridized carbons (Fsp3) is 0.316. The summed E-state index contributed by atoms with van der Waals surface area (Å²) in [6, 6.07) is 3.89. The summed E-state index contributed by atoms with van der Waals surface area (Å²) < 4.78 is 22.3. The molecule has 1 N–H and O–H groups in total. The predicted molar refractivity (Wildman–Crippen MR) is 108 cm³/mol. The zero-order chi connectivity index (χ0) is 19.9. The van der Waals surface area contributed by atoms with Crippen LogP contribution in [0.3, 0.4) is 0 Å². The van der Waals surface area contributed by atoms with E-state index in [9.17, 15) is 9.18 Å². The topological polar surface area (TPSA) is 87.1 Å². The van der Waals surface area contributed by atoms with Gasteiger partial charge in [0.2, 0.25) is 11.9 Å². The first-order valence-electron chi connectivity index (χ1n) is 9.25. The van der Waals surface area contributed by atoms with Crippen LogP contribution in [0.15, 0.2) is 29.7 Å². The number of nitrogens with zero attached hydrogens (tertiary/aromatic N) is 6. The predicted octanol–water partition coefficient (Wildman–Crippen LogP) is 3.09. The number of likely N-dealkylation sites (N-methyl/N-ethyl adjacent to an activating group) is 1. The summed E-state index contributed by atoms with van der Waals surface area (Å²) in [7, 11) is 1.71. The van der Waals surface area contributed by atoms with Crippen molar-refractivity contribution in [1.82, 2.24) is 18.7 Å². The molecule has 1 unspecified atom stereocenters. The van der Waals surface area contributed by atoms with Crippen LogP contribution in [-0.2, 0) is 4.79 Å². The van der Waals surface area contributed by atoms with E-state index in [4.69, 9.17) is 4.98 Å². The van der Waals surface area contributed by atoms with Crippen LogP contribution >= 0.6 is 11.7 Å². The van der Waals surface area contributed by atoms with E-state index in [0.717, 1.165) is 27.9 Å². The lowest BCUT2D eigenvalue weighted by Gasteiger charge is -2.41. The molecule has 0 bridgehead atoms. The second kappa shape index (κ2) is 5.47. The van der Waals surface area contributed by atoms with Gasteiger partial charge < -0.3 is 15.1 Å². The molecule has 3 heterocycles. The lowest BCUT2D eigenvalue weighted by Crippen LogP contribution is -2.52. The standard InChI is InChI=1S/C19H16FN7OS/c1-9-3-13-14(25-29-24-13)4-12(9)22-18-21-7-15-17(23-18)27(8-16(28)26(15)2)19-5-10(19)11(20)6-19/h3-4,7H,5-6,8H2,1-2H3,(H,21,22,23). The molecule has 0 radical (unpaired) electrons. The van der Waals surface area contributed by atoms with E-state index in [-0.39, 0.29) is 23.8 Å². The van der Waals surface area contributed by atoms with Gasteiger partial charge in [0.1, 0.15) is 22.5 Å². The van der Waals surface area contributed by atoms with Gasteiger partial charge in [-0.3, -0.25) is 4.79 Å². The zero-order valence-corrected chi connectivity index (χ0v) is 16.5. The first-order valence-corrected chi connectivity index (χ1v) is 9.98. The lowest BCUT2D eigenvalue weighted by atomic mass is 9.98. The number of halogens is 1. The Labute approximate surface area is 169 Å². The summed E-state index contributed by atoms with van der Waals surface area (Å²) in [5, 5.41) is 3.26. The number of carbonyl (C=O) groups excluding carboxylic acids is 1. The number of amides is 1. The number of hydrogen-bond donors (Lipinski definition) is 1. The van der Waals surface area contributed by atoms with Crippen molar-refractivity contribution < 1.29 is 9.18 Å². The molecule has 0 saturated heterocycles. The maximum absolute atomic E-state index is 13.7. The Bertz CT molecular complexity index is 1250. The van der Waals surface area contributed by atoms with Crippen LogP contribution in [0.5, 0.6) is 0 Å². The molecule has 6 rings (SSSR count). The van der Waals surface area contributed by atoms with E-state index in [1.54, 1.807) is 18.1 Å². The second-order valence-corrected chi connectivity index (χ2v) is 8.28. The molecule has 2 aromatic heterocycles. The van der Waals surface area contributed by atoms with E-state index in [1.165, 1.54) is 11.7 Å². The van der Waals surface area contributed by atoms with Crippen LogP contribution < -0.4 is 15.1 Å². The zero-order valence-electron chi connectivity index (χ0n) is 15.7. The highest BCUT2D eigenvalue weighted by atomic mass is 32.1. The van der Waals surface area contributed by atoms with Gasteiger partial charge in [-0.25, -0.2) is 9.37 Å². The number of nitrogens with one attached hydrogen (secondary N) is 1. The molecule has 10 heteroatoms. The molecular formula is C19H16FN7OS. The first kappa shape index (κ1) is 16.8. The molecule has 3 aromatic rings. The van der Waals surface area contributed by atoms with Gasteiger partial charge in [-0.1, -0.05) is 0 Å². The third kappa shape index (κ3) is 2.26. The number of anilines is 4. The second-order valence-electron chi connectivity index (χ2n) is 7.76. The third-order valence-electron chi connectivity index (χ3n) is 6.08. The average Bonchev–Trinajstić information content (AvgIpc) is 3.08. The molecule has 3 aliphatic rings. The van der Waals surface area contributed by atoms with Crippen LogP contribution in [0, 0.1) is 6.92 Å². The third-order valence-corrected chi connectivity index (χ3v) is 6.64. The van der Waals surface area contributed by atoms with Gasteiger partial charge in [0.05, 0.1) is 30.0 Å². The maximum atomic E-state index is 13.7. The molecule has 1 atom stereocenters. The number of aryl methyl sites for hydroxylation is 1. The summed E-state index contributed by atoms with van der Waals surface area (Å²) in [5.41, 5.74) is 4.57. The summed E-state index contributed by atoms with van der Waals surface area (Å²) in [6.07, 6.45) is 2.65. The van der Waals surface area contributed by atoms with E-state index < -0.39 is 0 Å². The average molecular weight is 409 g/mol. The number of rotatable bonds is 3. The summed E-state index contributed by atoms with van der Waals surface area (Å²) >= 11 is 1.17. The fourth-order valence-electron chi connectivity index (χ4n) is 4.23. The van der Waals surface area contributed by atoms with Crippen LogP contribution in [0.25, 0.3) is 11.0 Å². The van der Waals surface area contributed by atoms with Crippen molar-refractivity contribution >= 4 is 51.8 Å². The molecule has 0 spiro atoms. The Balaban J connectivity index is 1.40. The Hall–Kier alpha value is -3.14. The smallest absolute Gasteiger partial charge is 0.246 e. The number of aromatic nitrogens is 4. The quantitative estimate of drug-likeness (QED) is 0.711. The van der Waals surface area contributed by atoms with Gasteiger partial charge in [-0.05, 0) is 30.2 Å². The normalized spacial score (nSPS) is 22.5. The van der Waals surface area contributed by atoms with Gasteiger partial charge in [-0.2, -0.15) is 13.7 Å². The Kier molecular flexibility index (Phi) is 3.17. The fourth-order valence-corrected chi connectivity index (χ4v) is 4.74. The maximum Gasteiger partial charge on any atom is 0.246 e. The molecule has 1 aromatic carbocycles. The van der Waals surface area contributed by atoms with Crippen molar-refractivity contribution in [2.75, 3.05) is 28.7 Å². The van der Waals surface area contributed by atoms with Crippen molar-refractivity contribution in [3.8, 4) is 0 Å². The summed E-state index contributed by atoms with van der Waals surface area (Å²) in [6.45, 7) is 2.17. The molecule has 8 nitrogen and oxygen atoms in total. The van der Waals surface area contributed by atoms with Crippen LogP contribution in [0.4, 0.5) is 27.5 Å². The Morgan fingerprint density at radius 1 is 1.24 bits per heavy atom. The number of benzene rings is 1. The lowest BCUT2D eigenvalue weighted by molar-refractivity contribution is -0.117. The minimum Gasteiger partial charge on any atom is -0.335 e. The Morgan fingerprint density at radius 3 is 2.76 bits per heavy atom. The molecule has 2 aliphatic carbocycles. The van der Waals surface area contributed by atoms with Gasteiger partial charge in [-0.15, -0.1) is 0 Å². The number of fused-ring (bicyclic) bond motifs is 3. The molecule has 1 aliphatic heterocycles. The molecular weight excluding hydrogens is 393 g/mol. The largest absolute Gasteiger partial charge is 0.335 e. The van der Waals surface area contributed by atoms with E-state index in [0.29, 0.717) is 30.3 Å². The number of carbonyl (C=O) groups is 1. The van der Waals surface area contributed by atoms with Gasteiger partial charge >= 0.3 is 0 Å². The highest BCUT2D eigenvalue weighted by molar-refractivity contribution is 7.00. The van der Waals surface area contributed by atoms with Crippen LogP contribution in [0.2, 0.25) is 0 Å². The number of hydrogen-bond acceptors (Lipinski definition) is 8.